The number of rotatable bonds is 7. The number of carbonyl (C=O) groups excluding carboxylic acids is 1. The fourth-order valence-corrected chi connectivity index (χ4v) is 4.47. The summed E-state index contributed by atoms with van der Waals surface area (Å²) in [5, 5.41) is 5.15. The molecule has 1 amide bonds. The molecule has 4 aromatic rings. The van der Waals surface area contributed by atoms with Crippen LogP contribution in [-0.2, 0) is 6.42 Å². The van der Waals surface area contributed by atoms with Gasteiger partial charge in [0, 0.05) is 49.8 Å². The second-order valence-corrected chi connectivity index (χ2v) is 8.67. The molecule has 1 aliphatic heterocycles. The van der Waals surface area contributed by atoms with Gasteiger partial charge in [-0.1, -0.05) is 42.4 Å². The molecule has 0 spiro atoms. The molecule has 36 heavy (non-hydrogen) atoms. The number of nitrogens with zero attached hydrogens (tertiary/aromatic N) is 5. The molecule has 186 valence electrons. The number of hydrogen-bond donors (Lipinski definition) is 0. The molecule has 9 nitrogen and oxygen atoms in total. The largest absolute Gasteiger partial charge is 0.497 e. The number of anilines is 1. The highest BCUT2D eigenvalue weighted by molar-refractivity contribution is 5.98. The van der Waals surface area contributed by atoms with Crippen LogP contribution in [0.25, 0.3) is 22.4 Å². The Bertz CT molecular complexity index is 1340. The maximum absolute atomic E-state index is 13.3. The molecule has 0 radical (unpaired) electrons. The highest BCUT2D eigenvalue weighted by Crippen LogP contribution is 2.34. The van der Waals surface area contributed by atoms with Gasteiger partial charge in [0.25, 0.3) is 11.6 Å². The molecule has 2 aromatic carbocycles. The van der Waals surface area contributed by atoms with Crippen LogP contribution in [0.4, 0.5) is 5.82 Å². The summed E-state index contributed by atoms with van der Waals surface area (Å²) in [4.78, 5) is 26.9. The van der Waals surface area contributed by atoms with E-state index in [1.807, 2.05) is 35.2 Å². The summed E-state index contributed by atoms with van der Waals surface area (Å²) in [5.41, 5.74) is 2.71. The Morgan fingerprint density at radius 1 is 0.972 bits per heavy atom. The highest BCUT2D eigenvalue weighted by atomic mass is 16.5. The van der Waals surface area contributed by atoms with Crippen molar-refractivity contribution < 1.29 is 18.8 Å². The minimum Gasteiger partial charge on any atom is -0.497 e. The lowest BCUT2D eigenvalue weighted by Crippen LogP contribution is -2.49. The summed E-state index contributed by atoms with van der Waals surface area (Å²) < 4.78 is 16.3. The Balaban J connectivity index is 1.43. The van der Waals surface area contributed by atoms with E-state index in [0.29, 0.717) is 49.0 Å². The molecule has 2 aromatic heterocycles. The summed E-state index contributed by atoms with van der Waals surface area (Å²) in [6.07, 6.45) is 1.68. The van der Waals surface area contributed by atoms with Crippen LogP contribution < -0.4 is 14.4 Å². The topological polar surface area (TPSA) is 93.8 Å². The van der Waals surface area contributed by atoms with Crippen LogP contribution in [0.1, 0.15) is 29.5 Å². The third kappa shape index (κ3) is 4.56. The van der Waals surface area contributed by atoms with Crippen molar-refractivity contribution in [1.29, 1.82) is 0 Å². The van der Waals surface area contributed by atoms with E-state index >= 15 is 0 Å². The van der Waals surface area contributed by atoms with Crippen LogP contribution in [0.5, 0.6) is 11.5 Å². The van der Waals surface area contributed by atoms with E-state index in [-0.39, 0.29) is 5.91 Å². The quantitative estimate of drug-likeness (QED) is 0.383. The van der Waals surface area contributed by atoms with Gasteiger partial charge in [0.2, 0.25) is 0 Å². The second kappa shape index (κ2) is 10.2. The number of methoxy groups -OCH3 is 2. The zero-order valence-corrected chi connectivity index (χ0v) is 20.7. The van der Waals surface area contributed by atoms with Crippen molar-refractivity contribution in [3.05, 3.63) is 59.9 Å². The van der Waals surface area contributed by atoms with E-state index in [0.717, 1.165) is 41.1 Å². The molecule has 0 bridgehead atoms. The highest BCUT2D eigenvalue weighted by Gasteiger charge is 2.28. The Kier molecular flexibility index (Phi) is 6.71. The number of carbonyl (C=O) groups is 1. The smallest absolute Gasteiger partial charge is 0.263 e. The van der Waals surface area contributed by atoms with Crippen LogP contribution in [0.15, 0.2) is 53.1 Å². The van der Waals surface area contributed by atoms with Crippen molar-refractivity contribution >= 4 is 22.8 Å². The number of benzene rings is 2. The first-order chi connectivity index (χ1) is 17.6. The molecule has 5 rings (SSSR count). The van der Waals surface area contributed by atoms with E-state index in [1.54, 1.807) is 32.4 Å². The summed E-state index contributed by atoms with van der Waals surface area (Å²) in [6.45, 7) is 4.46. The Morgan fingerprint density at radius 3 is 2.31 bits per heavy atom. The molecule has 0 aliphatic carbocycles. The van der Waals surface area contributed by atoms with Gasteiger partial charge < -0.3 is 23.8 Å². The fraction of sp³-hybridized carbons (Fsp3) is 0.333. The van der Waals surface area contributed by atoms with Crippen molar-refractivity contribution in [1.82, 2.24) is 20.0 Å². The van der Waals surface area contributed by atoms with Gasteiger partial charge >= 0.3 is 0 Å². The van der Waals surface area contributed by atoms with Gasteiger partial charge in [0.05, 0.1) is 14.2 Å². The zero-order chi connectivity index (χ0) is 25.1. The molecule has 1 aliphatic rings. The van der Waals surface area contributed by atoms with Gasteiger partial charge in [0.1, 0.15) is 34.2 Å². The molecular formula is C27H29N5O4. The number of piperazine rings is 1. The zero-order valence-electron chi connectivity index (χ0n) is 20.7. The summed E-state index contributed by atoms with van der Waals surface area (Å²) in [6, 6.07) is 15.2. The van der Waals surface area contributed by atoms with Crippen LogP contribution in [0, 0.1) is 0 Å². The van der Waals surface area contributed by atoms with Crippen LogP contribution in [0.2, 0.25) is 0 Å². The molecule has 0 unspecified atom stereocenters. The van der Waals surface area contributed by atoms with E-state index in [4.69, 9.17) is 19.0 Å². The SMILES string of the molecule is CCCc1nc(N2CCN(C(=O)c3cc(OC)cc(OC)c3)CC2)c2c(-c3ccccc3)noc2n1. The molecule has 0 N–H and O–H groups in total. The molecule has 9 heteroatoms. The first-order valence-corrected chi connectivity index (χ1v) is 12.1. The Morgan fingerprint density at radius 2 is 1.67 bits per heavy atom. The van der Waals surface area contributed by atoms with Gasteiger partial charge in [-0.25, -0.2) is 4.98 Å². The molecular weight excluding hydrogens is 458 g/mol. The summed E-state index contributed by atoms with van der Waals surface area (Å²) in [7, 11) is 3.15. The number of hydrogen-bond acceptors (Lipinski definition) is 8. The molecule has 1 fully saturated rings. The van der Waals surface area contributed by atoms with E-state index in [2.05, 4.69) is 22.0 Å². The second-order valence-electron chi connectivity index (χ2n) is 8.67. The van der Waals surface area contributed by atoms with Crippen molar-refractivity contribution in [3.8, 4) is 22.8 Å². The minimum absolute atomic E-state index is 0.0543. The van der Waals surface area contributed by atoms with Gasteiger partial charge in [-0.3, -0.25) is 4.79 Å². The first-order valence-electron chi connectivity index (χ1n) is 12.1. The third-order valence-corrected chi connectivity index (χ3v) is 6.35. The summed E-state index contributed by atoms with van der Waals surface area (Å²) in [5.74, 6) is 2.66. The Labute approximate surface area is 209 Å². The van der Waals surface area contributed by atoms with Crippen molar-refractivity contribution in [2.24, 2.45) is 0 Å². The number of aromatic nitrogens is 3. The van der Waals surface area contributed by atoms with Crippen molar-refractivity contribution in [2.75, 3.05) is 45.3 Å². The third-order valence-electron chi connectivity index (χ3n) is 6.35. The van der Waals surface area contributed by atoms with Crippen molar-refractivity contribution in [3.63, 3.8) is 0 Å². The fourth-order valence-electron chi connectivity index (χ4n) is 4.47. The predicted octanol–water partition coefficient (Wildman–Crippen LogP) is 4.22. The minimum atomic E-state index is -0.0543. The average molecular weight is 488 g/mol. The molecule has 3 heterocycles. The van der Waals surface area contributed by atoms with Crippen LogP contribution in [0.3, 0.4) is 0 Å². The van der Waals surface area contributed by atoms with E-state index < -0.39 is 0 Å². The lowest BCUT2D eigenvalue weighted by Gasteiger charge is -2.35. The monoisotopic (exact) mass is 487 g/mol. The standard InChI is InChI=1S/C27H29N5O4/c1-4-8-22-28-25(23-24(30-36-26(23)29-22)18-9-6-5-7-10-18)31-11-13-32(14-12-31)27(33)19-15-20(34-2)17-21(16-19)35-3/h5-7,9-10,15-17H,4,8,11-14H2,1-3H3. The lowest BCUT2D eigenvalue weighted by molar-refractivity contribution is 0.0746. The maximum Gasteiger partial charge on any atom is 0.263 e. The van der Waals surface area contributed by atoms with Gasteiger partial charge in [-0.2, -0.15) is 4.98 Å². The number of aryl methyl sites for hydroxylation is 1. The molecule has 0 atom stereocenters. The van der Waals surface area contributed by atoms with Crippen LogP contribution >= 0.6 is 0 Å². The lowest BCUT2D eigenvalue weighted by atomic mass is 10.1. The maximum atomic E-state index is 13.3. The summed E-state index contributed by atoms with van der Waals surface area (Å²) >= 11 is 0. The predicted molar refractivity (Wildman–Crippen MR) is 137 cm³/mol. The normalized spacial score (nSPS) is 13.8. The average Bonchev–Trinajstić information content (AvgIpc) is 3.36. The van der Waals surface area contributed by atoms with E-state index in [9.17, 15) is 4.79 Å². The molecule has 1 saturated heterocycles. The number of amides is 1. The van der Waals surface area contributed by atoms with Crippen LogP contribution in [-0.4, -0.2) is 66.3 Å². The number of ether oxygens (including phenoxy) is 2. The van der Waals surface area contributed by atoms with Gasteiger partial charge in [0.15, 0.2) is 0 Å². The molecule has 0 saturated carbocycles. The number of fused-ring (bicyclic) bond motifs is 1. The van der Waals surface area contributed by atoms with Crippen molar-refractivity contribution in [2.45, 2.75) is 19.8 Å². The van der Waals surface area contributed by atoms with Gasteiger partial charge in [-0.15, -0.1) is 0 Å². The Hall–Kier alpha value is -4.14. The van der Waals surface area contributed by atoms with Gasteiger partial charge in [-0.05, 0) is 18.6 Å². The first kappa shape index (κ1) is 23.6. The van der Waals surface area contributed by atoms with E-state index in [1.165, 1.54) is 0 Å².